The van der Waals surface area contributed by atoms with E-state index < -0.39 is 12.1 Å². The molecule has 2 unspecified atom stereocenters. The summed E-state index contributed by atoms with van der Waals surface area (Å²) in [6.45, 7) is 8.79. The molecule has 0 aromatic rings. The minimum absolute atomic E-state index is 0.0856. The second kappa shape index (κ2) is 5.54. The molecule has 3 nitrogen and oxygen atoms in total. The van der Waals surface area contributed by atoms with Gasteiger partial charge in [0.1, 0.15) is 0 Å². The van der Waals surface area contributed by atoms with Crippen LogP contribution in [0.4, 0.5) is 0 Å². The zero-order chi connectivity index (χ0) is 10.4. The highest BCUT2D eigenvalue weighted by Crippen LogP contribution is 2.18. The average molecular weight is 184 g/mol. The van der Waals surface area contributed by atoms with Crippen molar-refractivity contribution in [3.63, 3.8) is 0 Å². The van der Waals surface area contributed by atoms with Crippen LogP contribution in [-0.4, -0.2) is 22.3 Å². The highest BCUT2D eigenvalue weighted by molar-refractivity contribution is 5.86. The second-order valence-electron chi connectivity index (χ2n) is 2.97. The normalized spacial score (nSPS) is 14.6. The van der Waals surface area contributed by atoms with Gasteiger partial charge in [0.05, 0.1) is 6.10 Å². The summed E-state index contributed by atoms with van der Waals surface area (Å²) in [5.74, 6) is -1.37. The van der Waals surface area contributed by atoms with Crippen LogP contribution in [0.25, 0.3) is 0 Å². The Morgan fingerprint density at radius 1 is 1.62 bits per heavy atom. The molecule has 0 radical (unpaired) electrons. The van der Waals surface area contributed by atoms with E-state index in [1.165, 1.54) is 6.08 Å². The first kappa shape index (κ1) is 11.9. The molecule has 0 aliphatic heterocycles. The van der Waals surface area contributed by atoms with Gasteiger partial charge in [0, 0.05) is 11.5 Å². The molecule has 2 atom stereocenters. The van der Waals surface area contributed by atoms with Gasteiger partial charge >= 0.3 is 5.97 Å². The number of hydrogen-bond acceptors (Lipinski definition) is 2. The van der Waals surface area contributed by atoms with Crippen molar-refractivity contribution in [2.45, 2.75) is 25.9 Å². The Bertz CT molecular complexity index is 208. The summed E-state index contributed by atoms with van der Waals surface area (Å²) in [4.78, 5) is 10.5. The van der Waals surface area contributed by atoms with Crippen molar-refractivity contribution in [3.8, 4) is 0 Å². The molecule has 0 aromatic heterocycles. The smallest absolute Gasteiger partial charge is 0.331 e. The van der Waals surface area contributed by atoms with E-state index in [4.69, 9.17) is 5.11 Å². The molecule has 0 saturated heterocycles. The van der Waals surface area contributed by atoms with Gasteiger partial charge in [-0.15, -0.1) is 6.58 Å². The molecule has 0 heterocycles. The van der Waals surface area contributed by atoms with Crippen LogP contribution in [0, 0.1) is 5.92 Å². The third-order valence-corrected chi connectivity index (χ3v) is 2.00. The number of aliphatic hydroxyl groups excluding tert-OH is 1. The predicted octanol–water partition coefficient (Wildman–Crippen LogP) is 1.59. The quantitative estimate of drug-likeness (QED) is 0.487. The summed E-state index contributed by atoms with van der Waals surface area (Å²) in [7, 11) is 0. The van der Waals surface area contributed by atoms with Crippen LogP contribution in [0.15, 0.2) is 24.8 Å². The first-order valence-corrected chi connectivity index (χ1v) is 4.25. The van der Waals surface area contributed by atoms with Gasteiger partial charge in [-0.1, -0.05) is 19.6 Å². The maximum atomic E-state index is 10.5. The van der Waals surface area contributed by atoms with E-state index in [-0.39, 0.29) is 11.5 Å². The lowest BCUT2D eigenvalue weighted by Gasteiger charge is -2.15. The van der Waals surface area contributed by atoms with Gasteiger partial charge in [0.25, 0.3) is 0 Å². The summed E-state index contributed by atoms with van der Waals surface area (Å²) < 4.78 is 0. The van der Waals surface area contributed by atoms with E-state index >= 15 is 0 Å². The lowest BCUT2D eigenvalue weighted by molar-refractivity contribution is -0.133. The molecule has 0 bridgehead atoms. The SMILES string of the molecule is C=CC(CC(O)CC)C(=C)C(=O)O. The first-order valence-electron chi connectivity index (χ1n) is 4.25. The average Bonchev–Trinajstić information content (AvgIpc) is 2.12. The summed E-state index contributed by atoms with van der Waals surface area (Å²) in [5, 5.41) is 17.9. The number of allylic oxidation sites excluding steroid dienone is 1. The molecule has 0 aliphatic carbocycles. The Morgan fingerprint density at radius 3 is 2.46 bits per heavy atom. The number of aliphatic carboxylic acids is 1. The fraction of sp³-hybridized carbons (Fsp3) is 0.500. The highest BCUT2D eigenvalue weighted by Gasteiger charge is 2.17. The zero-order valence-corrected chi connectivity index (χ0v) is 7.86. The number of carboxylic acid groups (broad SMARTS) is 1. The largest absolute Gasteiger partial charge is 0.478 e. The van der Waals surface area contributed by atoms with E-state index in [0.717, 1.165) is 0 Å². The van der Waals surface area contributed by atoms with Crippen molar-refractivity contribution < 1.29 is 15.0 Å². The molecule has 0 spiro atoms. The fourth-order valence-electron chi connectivity index (χ4n) is 0.999. The molecule has 74 valence electrons. The zero-order valence-electron chi connectivity index (χ0n) is 7.86. The first-order chi connectivity index (χ1) is 6.02. The molecule has 0 rings (SSSR count). The summed E-state index contributed by atoms with van der Waals surface area (Å²) in [5.41, 5.74) is 0.0856. The Hall–Kier alpha value is -1.09. The number of hydrogen-bond donors (Lipinski definition) is 2. The van der Waals surface area contributed by atoms with Crippen LogP contribution >= 0.6 is 0 Å². The molecule has 13 heavy (non-hydrogen) atoms. The van der Waals surface area contributed by atoms with E-state index in [2.05, 4.69) is 13.2 Å². The molecule has 3 heteroatoms. The van der Waals surface area contributed by atoms with E-state index in [1.54, 1.807) is 0 Å². The lowest BCUT2D eigenvalue weighted by Crippen LogP contribution is -2.16. The third kappa shape index (κ3) is 3.90. The number of carboxylic acids is 1. The third-order valence-electron chi connectivity index (χ3n) is 2.00. The van der Waals surface area contributed by atoms with Gasteiger partial charge in [-0.3, -0.25) is 0 Å². The standard InChI is InChI=1S/C10H16O3/c1-4-8(6-9(11)5-2)7(3)10(12)13/h4,8-9,11H,1,3,5-6H2,2H3,(H,12,13). The maximum absolute atomic E-state index is 10.5. The Balaban J connectivity index is 4.26. The topological polar surface area (TPSA) is 57.5 Å². The van der Waals surface area contributed by atoms with Crippen molar-refractivity contribution in [2.75, 3.05) is 0 Å². The minimum Gasteiger partial charge on any atom is -0.478 e. The number of aliphatic hydroxyl groups is 1. The van der Waals surface area contributed by atoms with Gasteiger partial charge in [-0.2, -0.15) is 0 Å². The number of carbonyl (C=O) groups is 1. The van der Waals surface area contributed by atoms with Crippen LogP contribution in [0.2, 0.25) is 0 Å². The minimum atomic E-state index is -1.03. The molecule has 0 aromatic carbocycles. The monoisotopic (exact) mass is 184 g/mol. The maximum Gasteiger partial charge on any atom is 0.331 e. The Morgan fingerprint density at radius 2 is 2.15 bits per heavy atom. The molecule has 0 amide bonds. The van der Waals surface area contributed by atoms with Crippen molar-refractivity contribution in [3.05, 3.63) is 24.8 Å². The van der Waals surface area contributed by atoms with Gasteiger partial charge in [0.15, 0.2) is 0 Å². The summed E-state index contributed by atoms with van der Waals surface area (Å²) in [6, 6.07) is 0. The van der Waals surface area contributed by atoms with Crippen molar-refractivity contribution in [2.24, 2.45) is 5.92 Å². The van der Waals surface area contributed by atoms with Crippen molar-refractivity contribution in [1.29, 1.82) is 0 Å². The summed E-state index contributed by atoms with van der Waals surface area (Å²) in [6.07, 6.45) is 2.01. The van der Waals surface area contributed by atoms with E-state index in [9.17, 15) is 9.90 Å². The van der Waals surface area contributed by atoms with Crippen LogP contribution in [0.5, 0.6) is 0 Å². The fourth-order valence-corrected chi connectivity index (χ4v) is 0.999. The van der Waals surface area contributed by atoms with Gasteiger partial charge in [-0.05, 0) is 12.8 Å². The molecule has 0 aliphatic rings. The summed E-state index contributed by atoms with van der Waals surface area (Å²) >= 11 is 0. The lowest BCUT2D eigenvalue weighted by atomic mass is 9.93. The Labute approximate surface area is 78.4 Å². The van der Waals surface area contributed by atoms with Crippen LogP contribution < -0.4 is 0 Å². The van der Waals surface area contributed by atoms with Gasteiger partial charge in [0.2, 0.25) is 0 Å². The molecule has 0 fully saturated rings. The Kier molecular flexibility index (Phi) is 5.07. The predicted molar refractivity (Wildman–Crippen MR) is 51.4 cm³/mol. The van der Waals surface area contributed by atoms with Crippen LogP contribution in [0.3, 0.4) is 0 Å². The van der Waals surface area contributed by atoms with Crippen LogP contribution in [0.1, 0.15) is 19.8 Å². The molecular formula is C10H16O3. The number of rotatable bonds is 6. The van der Waals surface area contributed by atoms with E-state index in [1.807, 2.05) is 6.92 Å². The molecule has 2 N–H and O–H groups in total. The van der Waals surface area contributed by atoms with Gasteiger partial charge < -0.3 is 10.2 Å². The molecular weight excluding hydrogens is 168 g/mol. The van der Waals surface area contributed by atoms with Gasteiger partial charge in [-0.25, -0.2) is 4.79 Å². The van der Waals surface area contributed by atoms with Crippen molar-refractivity contribution in [1.82, 2.24) is 0 Å². The highest BCUT2D eigenvalue weighted by atomic mass is 16.4. The second-order valence-corrected chi connectivity index (χ2v) is 2.97. The molecule has 0 saturated carbocycles. The van der Waals surface area contributed by atoms with Crippen molar-refractivity contribution >= 4 is 5.97 Å². The van der Waals surface area contributed by atoms with Crippen LogP contribution in [-0.2, 0) is 4.79 Å². The van der Waals surface area contributed by atoms with E-state index in [0.29, 0.717) is 12.8 Å².